The quantitative estimate of drug-likeness (QED) is 0.290. The van der Waals surface area contributed by atoms with E-state index in [9.17, 15) is 31.1 Å². The second-order valence-electron chi connectivity index (χ2n) is 5.20. The Labute approximate surface area is 165 Å². The van der Waals surface area contributed by atoms with Gasteiger partial charge in [0.05, 0.1) is 0 Å². The van der Waals surface area contributed by atoms with E-state index in [1.807, 2.05) is 0 Å². The molecule has 0 aliphatic heterocycles. The predicted molar refractivity (Wildman–Crippen MR) is 90.3 cm³/mol. The molecule has 160 valence electrons. The molecule has 0 aliphatic carbocycles. The molecule has 1 atom stereocenters. The van der Waals surface area contributed by atoms with Crippen molar-refractivity contribution >= 4 is 28.0 Å². The first-order valence-corrected chi connectivity index (χ1v) is 9.05. The zero-order valence-corrected chi connectivity index (χ0v) is 15.5. The number of hydrogen-bond donors (Lipinski definition) is 1. The molecule has 0 amide bonds. The highest BCUT2D eigenvalue weighted by Crippen LogP contribution is 2.37. The molecule has 0 spiro atoms. The number of hydrogen-bond acceptors (Lipinski definition) is 4. The molecule has 13 heteroatoms. The van der Waals surface area contributed by atoms with Crippen LogP contribution in [0.5, 0.6) is 5.75 Å². The summed E-state index contributed by atoms with van der Waals surface area (Å²) in [6.07, 6.45) is -6.07. The SMILES string of the molecule is O=Cc1ccc(OC(c2ccc(Cl)cc2)C(F)(F)F)cc1.O=S(=O)(O)C(F)(F)F. The first-order valence-electron chi connectivity index (χ1n) is 7.23. The Bertz CT molecular complexity index is 909. The molecule has 0 fully saturated rings. The van der Waals surface area contributed by atoms with Gasteiger partial charge in [-0.05, 0) is 36.4 Å². The highest BCUT2D eigenvalue weighted by atomic mass is 35.5. The third-order valence-electron chi connectivity index (χ3n) is 3.03. The van der Waals surface area contributed by atoms with Gasteiger partial charge in [0, 0.05) is 16.1 Å². The van der Waals surface area contributed by atoms with Crippen molar-refractivity contribution in [3.8, 4) is 5.75 Å². The fraction of sp³-hybridized carbons (Fsp3) is 0.188. The zero-order chi connectivity index (χ0) is 22.5. The van der Waals surface area contributed by atoms with Crippen LogP contribution in [0.3, 0.4) is 0 Å². The molecule has 0 saturated carbocycles. The van der Waals surface area contributed by atoms with Crippen LogP contribution in [0, 0.1) is 0 Å². The minimum absolute atomic E-state index is 0.0258. The molecule has 1 unspecified atom stereocenters. The van der Waals surface area contributed by atoms with Crippen molar-refractivity contribution in [2.24, 2.45) is 0 Å². The van der Waals surface area contributed by atoms with Gasteiger partial charge in [-0.2, -0.15) is 34.8 Å². The van der Waals surface area contributed by atoms with E-state index in [-0.39, 0.29) is 11.3 Å². The molecule has 1 N–H and O–H groups in total. The van der Waals surface area contributed by atoms with E-state index in [0.29, 0.717) is 16.9 Å². The van der Waals surface area contributed by atoms with Crippen LogP contribution in [0.4, 0.5) is 26.3 Å². The highest BCUT2D eigenvalue weighted by Gasteiger charge is 2.44. The molecule has 29 heavy (non-hydrogen) atoms. The van der Waals surface area contributed by atoms with E-state index < -0.39 is 27.9 Å². The van der Waals surface area contributed by atoms with Crippen molar-refractivity contribution in [1.82, 2.24) is 0 Å². The van der Waals surface area contributed by atoms with Crippen LogP contribution in [-0.4, -0.2) is 30.9 Å². The summed E-state index contributed by atoms with van der Waals surface area (Å²) in [5, 5.41) is 0.343. The van der Waals surface area contributed by atoms with Crippen molar-refractivity contribution < 1.29 is 48.8 Å². The molecule has 0 aliphatic rings. The van der Waals surface area contributed by atoms with E-state index in [1.165, 1.54) is 48.5 Å². The standard InChI is InChI=1S/C15H10ClF3O2.CHF3O3S/c16-12-5-3-11(4-6-12)14(15(17,18)19)21-13-7-1-10(9-20)2-8-13;2-1(3,4)8(5,6)7/h1-9,14H;(H,5,6,7). The largest absolute Gasteiger partial charge is 0.522 e. The fourth-order valence-electron chi connectivity index (χ4n) is 1.72. The monoisotopic (exact) mass is 464 g/mol. The second-order valence-corrected chi connectivity index (χ2v) is 7.05. The number of carbonyl (C=O) groups is 1. The lowest BCUT2D eigenvalue weighted by Crippen LogP contribution is -2.26. The Balaban J connectivity index is 0.000000447. The summed E-state index contributed by atoms with van der Waals surface area (Å²) < 4.78 is 102. The van der Waals surface area contributed by atoms with Gasteiger partial charge in [0.15, 0.2) is 0 Å². The van der Waals surface area contributed by atoms with Crippen LogP contribution in [0.1, 0.15) is 22.0 Å². The summed E-state index contributed by atoms with van der Waals surface area (Å²) in [6, 6.07) is 10.7. The molecule has 0 heterocycles. The molecule has 0 saturated heterocycles. The number of aldehydes is 1. The summed E-state index contributed by atoms with van der Waals surface area (Å²) >= 11 is 5.67. The Morgan fingerprint density at radius 1 is 0.931 bits per heavy atom. The van der Waals surface area contributed by atoms with E-state index in [2.05, 4.69) is 0 Å². The van der Waals surface area contributed by atoms with Gasteiger partial charge in [0.1, 0.15) is 12.0 Å². The van der Waals surface area contributed by atoms with Crippen LogP contribution in [0.2, 0.25) is 5.02 Å². The summed E-state index contributed by atoms with van der Waals surface area (Å²) in [6.45, 7) is 0. The van der Waals surface area contributed by atoms with Gasteiger partial charge in [0.2, 0.25) is 6.10 Å². The van der Waals surface area contributed by atoms with Crippen molar-refractivity contribution in [2.45, 2.75) is 17.8 Å². The maximum absolute atomic E-state index is 13.1. The van der Waals surface area contributed by atoms with Gasteiger partial charge >= 0.3 is 21.8 Å². The molecule has 5 nitrogen and oxygen atoms in total. The van der Waals surface area contributed by atoms with Crippen LogP contribution >= 0.6 is 11.6 Å². The first kappa shape index (κ1) is 24.7. The Kier molecular flexibility index (Phi) is 8.07. The Morgan fingerprint density at radius 2 is 1.38 bits per heavy atom. The lowest BCUT2D eigenvalue weighted by atomic mass is 10.1. The van der Waals surface area contributed by atoms with Gasteiger partial charge in [-0.1, -0.05) is 23.7 Å². The normalized spacial score (nSPS) is 13.1. The minimum atomic E-state index is -5.84. The van der Waals surface area contributed by atoms with E-state index >= 15 is 0 Å². The van der Waals surface area contributed by atoms with Gasteiger partial charge in [-0.3, -0.25) is 9.35 Å². The van der Waals surface area contributed by atoms with Gasteiger partial charge < -0.3 is 4.74 Å². The topological polar surface area (TPSA) is 80.7 Å². The van der Waals surface area contributed by atoms with Crippen molar-refractivity contribution in [3.63, 3.8) is 0 Å². The lowest BCUT2D eigenvalue weighted by Gasteiger charge is -2.22. The van der Waals surface area contributed by atoms with Crippen LogP contribution in [-0.2, 0) is 10.1 Å². The van der Waals surface area contributed by atoms with Crippen LogP contribution < -0.4 is 4.74 Å². The van der Waals surface area contributed by atoms with E-state index in [4.69, 9.17) is 29.3 Å². The summed E-state index contributed by atoms with van der Waals surface area (Å²) in [7, 11) is -5.84. The average Bonchev–Trinajstić information content (AvgIpc) is 2.59. The minimum Gasteiger partial charge on any atom is -0.476 e. The second kappa shape index (κ2) is 9.46. The highest BCUT2D eigenvalue weighted by molar-refractivity contribution is 7.86. The molecular weight excluding hydrogens is 454 g/mol. The predicted octanol–water partition coefficient (Wildman–Crippen LogP) is 5.23. The van der Waals surface area contributed by atoms with Gasteiger partial charge in [-0.25, -0.2) is 0 Å². The first-order chi connectivity index (χ1) is 13.1. The van der Waals surface area contributed by atoms with Crippen LogP contribution in [0.25, 0.3) is 0 Å². The molecule has 0 radical (unpaired) electrons. The van der Waals surface area contributed by atoms with E-state index in [0.717, 1.165) is 0 Å². The number of ether oxygens (including phenoxy) is 1. The summed E-state index contributed by atoms with van der Waals surface area (Å²) in [5.74, 6) is 0.0258. The average molecular weight is 465 g/mol. The maximum Gasteiger partial charge on any atom is 0.522 e. The number of rotatable bonds is 4. The number of alkyl halides is 6. The third-order valence-corrected chi connectivity index (χ3v) is 3.87. The lowest BCUT2D eigenvalue weighted by molar-refractivity contribution is -0.198. The Hall–Kier alpha value is -2.31. The molecule has 2 aromatic carbocycles. The molecular formula is C16H11ClF6O5S. The van der Waals surface area contributed by atoms with Crippen LogP contribution in [0.15, 0.2) is 48.5 Å². The molecule has 0 aromatic heterocycles. The van der Waals surface area contributed by atoms with Gasteiger partial charge in [-0.15, -0.1) is 0 Å². The molecule has 2 aromatic rings. The Morgan fingerprint density at radius 3 is 1.72 bits per heavy atom. The number of carbonyl (C=O) groups excluding carboxylic acids is 1. The number of halogens is 7. The summed E-state index contributed by atoms with van der Waals surface area (Å²) in [5.41, 5.74) is -5.23. The fourth-order valence-corrected chi connectivity index (χ4v) is 1.85. The van der Waals surface area contributed by atoms with Crippen molar-refractivity contribution in [3.05, 3.63) is 64.7 Å². The molecule has 2 rings (SSSR count). The molecule has 0 bridgehead atoms. The maximum atomic E-state index is 13.1. The van der Waals surface area contributed by atoms with Crippen molar-refractivity contribution in [1.29, 1.82) is 0 Å². The smallest absolute Gasteiger partial charge is 0.476 e. The van der Waals surface area contributed by atoms with E-state index in [1.54, 1.807) is 0 Å². The summed E-state index contributed by atoms with van der Waals surface area (Å²) in [4.78, 5) is 10.5. The van der Waals surface area contributed by atoms with Crippen molar-refractivity contribution in [2.75, 3.05) is 0 Å². The third kappa shape index (κ3) is 7.91. The van der Waals surface area contributed by atoms with Gasteiger partial charge in [0.25, 0.3) is 0 Å². The zero-order valence-electron chi connectivity index (χ0n) is 13.9. The number of benzene rings is 2.